The zero-order valence-corrected chi connectivity index (χ0v) is 23.1. The fourth-order valence-electron chi connectivity index (χ4n) is 2.82. The molecule has 0 aliphatic heterocycles. The average Bonchev–Trinajstić information content (AvgIpc) is 3.24. The number of para-hydroxylation sites is 1. The second-order valence-corrected chi connectivity index (χ2v) is 9.65. The van der Waals surface area contributed by atoms with E-state index in [0.717, 1.165) is 22.9 Å². The van der Waals surface area contributed by atoms with E-state index in [0.29, 0.717) is 6.42 Å². The van der Waals surface area contributed by atoms with Gasteiger partial charge in [-0.25, -0.2) is 4.79 Å². The number of carbonyl (C=O) groups is 4. The Hall–Kier alpha value is -3.64. The lowest BCUT2D eigenvalue weighted by atomic mass is 10.0. The number of nitrogens with two attached hydrogens (primary N) is 2. The third kappa shape index (κ3) is 13.1. The number of rotatable bonds is 8. The minimum absolute atomic E-state index is 0.0718. The molecule has 0 radical (unpaired) electrons. The number of aliphatic carboxylic acids is 2. The quantitative estimate of drug-likeness (QED) is 0.271. The van der Waals surface area contributed by atoms with Gasteiger partial charge >= 0.3 is 24.0 Å². The first kappa shape index (κ1) is 34.4. The lowest BCUT2D eigenvalue weighted by molar-refractivity contribution is -0.142. The van der Waals surface area contributed by atoms with Crippen molar-refractivity contribution in [1.29, 1.82) is 0 Å². The van der Waals surface area contributed by atoms with E-state index >= 15 is 0 Å². The molecule has 0 saturated carbocycles. The molecule has 8 N–H and O–H groups in total. The predicted molar refractivity (Wildman–Crippen MR) is 144 cm³/mol. The highest BCUT2D eigenvalue weighted by Gasteiger charge is 2.20. The van der Waals surface area contributed by atoms with Gasteiger partial charge in [0.05, 0.1) is 7.11 Å². The van der Waals surface area contributed by atoms with E-state index < -0.39 is 41.8 Å². The minimum Gasteiger partial charge on any atom is -0.480 e. The summed E-state index contributed by atoms with van der Waals surface area (Å²) in [6.45, 7) is 10.2. The molecule has 38 heavy (non-hydrogen) atoms. The SMILES string of the molecule is CC(NC(=O)OC(C)(C)C)C(=O)O.CCC(C)C(N)C(=O)O.COC(=O)C(N)Cc1c[nH]c2ccccc12. The van der Waals surface area contributed by atoms with Crippen molar-refractivity contribution in [3.05, 3.63) is 36.0 Å². The van der Waals surface area contributed by atoms with Gasteiger partial charge in [0, 0.05) is 23.5 Å². The molecule has 0 aliphatic carbocycles. The molecule has 1 heterocycles. The van der Waals surface area contributed by atoms with Crippen LogP contribution in [0.25, 0.3) is 10.9 Å². The number of ether oxygens (including phenoxy) is 2. The van der Waals surface area contributed by atoms with Crippen LogP contribution in [0.3, 0.4) is 0 Å². The fraction of sp³-hybridized carbons (Fsp3) is 0.538. The van der Waals surface area contributed by atoms with E-state index in [1.807, 2.05) is 44.3 Å². The number of benzene rings is 1. The Bertz CT molecular complexity index is 1050. The largest absolute Gasteiger partial charge is 0.480 e. The number of H-pyrrole nitrogens is 1. The number of carboxylic acid groups (broad SMARTS) is 2. The number of esters is 1. The molecule has 4 unspecified atom stereocenters. The third-order valence-electron chi connectivity index (χ3n) is 5.26. The van der Waals surface area contributed by atoms with Gasteiger partial charge < -0.3 is 41.5 Å². The molecule has 0 bridgehead atoms. The minimum atomic E-state index is -1.09. The number of nitrogens with one attached hydrogen (secondary N) is 2. The lowest BCUT2D eigenvalue weighted by Gasteiger charge is -2.20. The number of aromatic amines is 1. The van der Waals surface area contributed by atoms with Crippen LogP contribution >= 0.6 is 0 Å². The van der Waals surface area contributed by atoms with Crippen molar-refractivity contribution in [3.63, 3.8) is 0 Å². The lowest BCUT2D eigenvalue weighted by Crippen LogP contribution is -2.41. The van der Waals surface area contributed by atoms with E-state index in [1.54, 1.807) is 20.8 Å². The van der Waals surface area contributed by atoms with Crippen LogP contribution in [-0.2, 0) is 30.3 Å². The van der Waals surface area contributed by atoms with Crippen LogP contribution < -0.4 is 16.8 Å². The van der Waals surface area contributed by atoms with Crippen LogP contribution in [0.2, 0.25) is 0 Å². The summed E-state index contributed by atoms with van der Waals surface area (Å²) >= 11 is 0. The molecule has 1 aromatic carbocycles. The smallest absolute Gasteiger partial charge is 0.408 e. The Morgan fingerprint density at radius 3 is 2.08 bits per heavy atom. The number of alkyl carbamates (subject to hydrolysis) is 1. The summed E-state index contributed by atoms with van der Waals surface area (Å²) in [4.78, 5) is 45.8. The van der Waals surface area contributed by atoms with Crippen LogP contribution in [0, 0.1) is 5.92 Å². The third-order valence-corrected chi connectivity index (χ3v) is 5.26. The molecule has 12 nitrogen and oxygen atoms in total. The maximum Gasteiger partial charge on any atom is 0.408 e. The number of hydrogen-bond donors (Lipinski definition) is 6. The number of aromatic nitrogens is 1. The number of amides is 1. The van der Waals surface area contributed by atoms with Gasteiger partial charge in [0.1, 0.15) is 23.7 Å². The van der Waals surface area contributed by atoms with E-state index in [4.69, 9.17) is 26.4 Å². The van der Waals surface area contributed by atoms with Crippen molar-refractivity contribution in [2.24, 2.45) is 17.4 Å². The van der Waals surface area contributed by atoms with Crippen molar-refractivity contribution in [3.8, 4) is 0 Å². The molecule has 0 aliphatic rings. The number of carboxylic acids is 2. The summed E-state index contributed by atoms with van der Waals surface area (Å²) in [7, 11) is 1.34. The molecular formula is C26H42N4O8. The molecule has 2 rings (SSSR count). The topological polar surface area (TPSA) is 207 Å². The van der Waals surface area contributed by atoms with Crippen LogP contribution in [0.1, 0.15) is 53.5 Å². The Morgan fingerprint density at radius 1 is 1.05 bits per heavy atom. The van der Waals surface area contributed by atoms with Gasteiger partial charge in [-0.2, -0.15) is 0 Å². The molecule has 2 aromatic rings. The average molecular weight is 539 g/mol. The Morgan fingerprint density at radius 2 is 1.63 bits per heavy atom. The highest BCUT2D eigenvalue weighted by atomic mass is 16.6. The van der Waals surface area contributed by atoms with Crippen molar-refractivity contribution < 1.29 is 38.9 Å². The monoisotopic (exact) mass is 538 g/mol. The molecule has 0 spiro atoms. The molecule has 12 heteroatoms. The second kappa shape index (κ2) is 16.3. The van der Waals surface area contributed by atoms with E-state index in [9.17, 15) is 19.2 Å². The Kier molecular flexibility index (Phi) is 14.7. The summed E-state index contributed by atoms with van der Waals surface area (Å²) in [6.07, 6.45) is 2.46. The van der Waals surface area contributed by atoms with Gasteiger partial charge in [-0.1, -0.05) is 38.5 Å². The zero-order valence-electron chi connectivity index (χ0n) is 23.1. The maximum absolute atomic E-state index is 11.2. The van der Waals surface area contributed by atoms with Crippen LogP contribution in [0.15, 0.2) is 30.5 Å². The number of fused-ring (bicyclic) bond motifs is 1. The molecule has 1 amide bonds. The first-order chi connectivity index (χ1) is 17.5. The van der Waals surface area contributed by atoms with Crippen LogP contribution in [0.5, 0.6) is 0 Å². The molecular weight excluding hydrogens is 496 g/mol. The first-order valence-corrected chi connectivity index (χ1v) is 12.1. The summed E-state index contributed by atoms with van der Waals surface area (Å²) in [6, 6.07) is 5.67. The van der Waals surface area contributed by atoms with Crippen molar-refractivity contribution >= 4 is 34.9 Å². The molecule has 1 aromatic heterocycles. The predicted octanol–water partition coefficient (Wildman–Crippen LogP) is 2.64. The normalized spacial score (nSPS) is 13.8. The van der Waals surface area contributed by atoms with E-state index in [-0.39, 0.29) is 11.9 Å². The first-order valence-electron chi connectivity index (χ1n) is 12.1. The van der Waals surface area contributed by atoms with Gasteiger partial charge in [-0.3, -0.25) is 14.4 Å². The number of methoxy groups -OCH3 is 1. The van der Waals surface area contributed by atoms with Crippen LogP contribution in [-0.4, -0.2) is 70.0 Å². The standard InChI is InChI=1S/C12H14N2O2.C8H15NO4.C6H13NO2/c1-16-12(15)10(13)6-8-7-14-11-5-3-2-4-9(8)11;1-5(6(10)11)9-7(12)13-8(2,3)4;1-3-4(2)5(7)6(8)9/h2-5,7,10,14H,6,13H2,1H3;5H,1-4H3,(H,9,12)(H,10,11);4-5H,3,7H2,1-2H3,(H,8,9). The Labute approximate surface area is 223 Å². The fourth-order valence-corrected chi connectivity index (χ4v) is 2.82. The van der Waals surface area contributed by atoms with Gasteiger partial charge in [0.25, 0.3) is 0 Å². The van der Waals surface area contributed by atoms with Gasteiger partial charge in [-0.15, -0.1) is 0 Å². The van der Waals surface area contributed by atoms with E-state index in [1.165, 1.54) is 14.0 Å². The molecule has 0 saturated heterocycles. The highest BCUT2D eigenvalue weighted by molar-refractivity contribution is 5.84. The Balaban J connectivity index is 0.000000566. The van der Waals surface area contributed by atoms with E-state index in [2.05, 4.69) is 15.0 Å². The number of carbonyl (C=O) groups excluding carboxylic acids is 2. The summed E-state index contributed by atoms with van der Waals surface area (Å²) < 4.78 is 9.44. The number of hydrogen-bond acceptors (Lipinski definition) is 8. The molecule has 4 atom stereocenters. The molecule has 214 valence electrons. The summed E-state index contributed by atoms with van der Waals surface area (Å²) in [5.74, 6) is -2.32. The summed E-state index contributed by atoms with van der Waals surface area (Å²) in [5, 5.41) is 20.1. The van der Waals surface area contributed by atoms with Crippen molar-refractivity contribution in [1.82, 2.24) is 10.3 Å². The second-order valence-electron chi connectivity index (χ2n) is 9.65. The van der Waals surface area contributed by atoms with Gasteiger partial charge in [0.2, 0.25) is 0 Å². The van der Waals surface area contributed by atoms with Crippen molar-refractivity contribution in [2.75, 3.05) is 7.11 Å². The molecule has 0 fully saturated rings. The highest BCUT2D eigenvalue weighted by Crippen LogP contribution is 2.18. The van der Waals surface area contributed by atoms with Gasteiger partial charge in [-0.05, 0) is 45.2 Å². The summed E-state index contributed by atoms with van der Waals surface area (Å²) in [5.41, 5.74) is 12.5. The maximum atomic E-state index is 11.2. The van der Waals surface area contributed by atoms with Gasteiger partial charge in [0.15, 0.2) is 0 Å². The van der Waals surface area contributed by atoms with Crippen molar-refractivity contribution in [2.45, 2.75) is 78.1 Å². The van der Waals surface area contributed by atoms with Crippen LogP contribution in [0.4, 0.5) is 4.79 Å². The zero-order chi connectivity index (χ0) is 29.6.